The fraction of sp³-hybridized carbons (Fsp3) is 0.154. The summed E-state index contributed by atoms with van der Waals surface area (Å²) >= 11 is 3.37. The second kappa shape index (κ2) is 5.79. The molecule has 0 fully saturated rings. The molecular weight excluding hydrogens is 308 g/mol. The van der Waals surface area contributed by atoms with Crippen molar-refractivity contribution in [1.82, 2.24) is 14.9 Å². The second-order valence-corrected chi connectivity index (χ2v) is 4.99. The zero-order chi connectivity index (χ0) is 13.8. The minimum absolute atomic E-state index is 0.148. The van der Waals surface area contributed by atoms with Crippen molar-refractivity contribution in [2.24, 2.45) is 0 Å². The summed E-state index contributed by atoms with van der Waals surface area (Å²) in [5, 5.41) is 0. The van der Waals surface area contributed by atoms with E-state index in [1.54, 1.807) is 11.9 Å². The van der Waals surface area contributed by atoms with E-state index in [-0.39, 0.29) is 17.4 Å². The summed E-state index contributed by atoms with van der Waals surface area (Å²) in [6.45, 7) is 0.488. The van der Waals surface area contributed by atoms with Crippen molar-refractivity contribution in [1.29, 1.82) is 0 Å². The highest BCUT2D eigenvalue weighted by Gasteiger charge is 2.16. The first-order valence-corrected chi connectivity index (χ1v) is 6.43. The maximum absolute atomic E-state index is 12.2. The van der Waals surface area contributed by atoms with Crippen molar-refractivity contribution >= 4 is 27.7 Å². The van der Waals surface area contributed by atoms with E-state index in [1.165, 1.54) is 12.4 Å². The minimum Gasteiger partial charge on any atom is -0.382 e. The van der Waals surface area contributed by atoms with E-state index in [2.05, 4.69) is 25.9 Å². The zero-order valence-corrected chi connectivity index (χ0v) is 12.0. The Morgan fingerprint density at radius 1 is 1.26 bits per heavy atom. The SMILES string of the molecule is CN(Cc1ccc(Br)cc1)C(=O)c1nccnc1N. The van der Waals surface area contributed by atoms with Crippen molar-refractivity contribution in [2.45, 2.75) is 6.54 Å². The third kappa shape index (κ3) is 3.29. The van der Waals surface area contributed by atoms with Crippen LogP contribution in [0.1, 0.15) is 16.1 Å². The van der Waals surface area contributed by atoms with E-state index in [0.717, 1.165) is 10.0 Å². The van der Waals surface area contributed by atoms with E-state index in [4.69, 9.17) is 5.73 Å². The number of hydrogen-bond acceptors (Lipinski definition) is 4. The molecule has 0 radical (unpaired) electrons. The molecular formula is C13H13BrN4O. The van der Waals surface area contributed by atoms with Gasteiger partial charge in [-0.1, -0.05) is 28.1 Å². The maximum atomic E-state index is 12.2. The number of halogens is 1. The van der Waals surface area contributed by atoms with Crippen LogP contribution < -0.4 is 5.73 Å². The summed E-state index contributed by atoms with van der Waals surface area (Å²) in [5.74, 6) is -0.0938. The molecule has 1 amide bonds. The molecule has 0 atom stereocenters. The standard InChI is InChI=1S/C13H13BrN4O/c1-18(8-9-2-4-10(14)5-3-9)13(19)11-12(15)17-7-6-16-11/h2-7H,8H2,1H3,(H2,15,17). The summed E-state index contributed by atoms with van der Waals surface area (Å²) in [4.78, 5) is 21.6. The van der Waals surface area contributed by atoms with Gasteiger partial charge in [0.25, 0.3) is 5.91 Å². The highest BCUT2D eigenvalue weighted by molar-refractivity contribution is 9.10. The lowest BCUT2D eigenvalue weighted by Crippen LogP contribution is -2.28. The maximum Gasteiger partial charge on any atom is 0.276 e. The molecule has 0 aliphatic rings. The van der Waals surface area contributed by atoms with Gasteiger partial charge in [-0.2, -0.15) is 0 Å². The molecule has 1 heterocycles. The van der Waals surface area contributed by atoms with Crippen molar-refractivity contribution < 1.29 is 4.79 Å². The quantitative estimate of drug-likeness (QED) is 0.940. The molecule has 0 saturated carbocycles. The molecule has 98 valence electrons. The molecule has 0 aliphatic carbocycles. The van der Waals surface area contributed by atoms with Crippen LogP contribution in [0.5, 0.6) is 0 Å². The van der Waals surface area contributed by atoms with Crippen LogP contribution in [0.25, 0.3) is 0 Å². The van der Waals surface area contributed by atoms with Gasteiger partial charge in [0.2, 0.25) is 0 Å². The lowest BCUT2D eigenvalue weighted by Gasteiger charge is -2.17. The smallest absolute Gasteiger partial charge is 0.276 e. The number of nitrogen functional groups attached to an aromatic ring is 1. The van der Waals surface area contributed by atoms with Crippen LogP contribution >= 0.6 is 15.9 Å². The molecule has 19 heavy (non-hydrogen) atoms. The minimum atomic E-state index is -0.242. The van der Waals surface area contributed by atoms with Crippen molar-refractivity contribution in [2.75, 3.05) is 12.8 Å². The van der Waals surface area contributed by atoms with Crippen LogP contribution in [0.15, 0.2) is 41.1 Å². The Morgan fingerprint density at radius 3 is 2.53 bits per heavy atom. The highest BCUT2D eigenvalue weighted by Crippen LogP contribution is 2.13. The van der Waals surface area contributed by atoms with E-state index >= 15 is 0 Å². The first kappa shape index (κ1) is 13.5. The highest BCUT2D eigenvalue weighted by atomic mass is 79.9. The molecule has 2 rings (SSSR count). The average Bonchev–Trinajstić information content (AvgIpc) is 2.41. The Morgan fingerprint density at radius 2 is 1.89 bits per heavy atom. The molecule has 6 heteroatoms. The Bertz CT molecular complexity index is 585. The van der Waals surface area contributed by atoms with Crippen LogP contribution in [0.4, 0.5) is 5.82 Å². The topological polar surface area (TPSA) is 72.1 Å². The lowest BCUT2D eigenvalue weighted by atomic mass is 10.2. The molecule has 0 spiro atoms. The van der Waals surface area contributed by atoms with Crippen LogP contribution in [0, 0.1) is 0 Å². The number of aromatic nitrogens is 2. The van der Waals surface area contributed by atoms with E-state index in [0.29, 0.717) is 6.54 Å². The Kier molecular flexibility index (Phi) is 4.11. The third-order valence-corrected chi connectivity index (χ3v) is 3.14. The Labute approximate surface area is 119 Å². The number of anilines is 1. The molecule has 1 aromatic heterocycles. The second-order valence-electron chi connectivity index (χ2n) is 4.08. The molecule has 2 aromatic rings. The van der Waals surface area contributed by atoms with E-state index < -0.39 is 0 Å². The fourth-order valence-corrected chi connectivity index (χ4v) is 1.89. The number of hydrogen-bond donors (Lipinski definition) is 1. The molecule has 0 aliphatic heterocycles. The number of carbonyl (C=O) groups is 1. The predicted octanol–water partition coefficient (Wildman–Crippen LogP) is 2.09. The van der Waals surface area contributed by atoms with E-state index in [1.807, 2.05) is 24.3 Å². The van der Waals surface area contributed by atoms with Crippen molar-refractivity contribution in [3.63, 3.8) is 0 Å². The van der Waals surface area contributed by atoms with Gasteiger partial charge in [-0.3, -0.25) is 4.79 Å². The van der Waals surface area contributed by atoms with Gasteiger partial charge in [0.1, 0.15) is 0 Å². The summed E-state index contributed by atoms with van der Waals surface area (Å²) in [7, 11) is 1.71. The van der Waals surface area contributed by atoms with Gasteiger partial charge in [0.15, 0.2) is 11.5 Å². The fourth-order valence-electron chi connectivity index (χ4n) is 1.63. The molecule has 0 saturated heterocycles. The average molecular weight is 321 g/mol. The summed E-state index contributed by atoms with van der Waals surface area (Å²) in [6, 6.07) is 7.77. The number of nitrogens with two attached hydrogens (primary N) is 1. The monoisotopic (exact) mass is 320 g/mol. The normalized spacial score (nSPS) is 10.2. The van der Waals surface area contributed by atoms with Crippen LogP contribution in [0.3, 0.4) is 0 Å². The molecule has 1 aromatic carbocycles. The van der Waals surface area contributed by atoms with Crippen molar-refractivity contribution in [3.05, 3.63) is 52.4 Å². The van der Waals surface area contributed by atoms with Crippen LogP contribution in [-0.2, 0) is 6.54 Å². The first-order chi connectivity index (χ1) is 9.08. The van der Waals surface area contributed by atoms with Crippen molar-refractivity contribution in [3.8, 4) is 0 Å². The lowest BCUT2D eigenvalue weighted by molar-refractivity contribution is 0.0780. The number of amides is 1. The molecule has 0 bridgehead atoms. The molecule has 0 unspecified atom stereocenters. The third-order valence-electron chi connectivity index (χ3n) is 2.61. The summed E-state index contributed by atoms with van der Waals surface area (Å²) in [6.07, 6.45) is 2.91. The van der Waals surface area contributed by atoms with Crippen LogP contribution in [-0.4, -0.2) is 27.8 Å². The van der Waals surface area contributed by atoms with Gasteiger partial charge in [0, 0.05) is 30.5 Å². The van der Waals surface area contributed by atoms with Gasteiger partial charge in [-0.25, -0.2) is 9.97 Å². The molecule has 2 N–H and O–H groups in total. The first-order valence-electron chi connectivity index (χ1n) is 5.64. The summed E-state index contributed by atoms with van der Waals surface area (Å²) < 4.78 is 1.00. The zero-order valence-electron chi connectivity index (χ0n) is 10.4. The molecule has 5 nitrogen and oxygen atoms in total. The Hall–Kier alpha value is -1.95. The van der Waals surface area contributed by atoms with Gasteiger partial charge in [-0.15, -0.1) is 0 Å². The van der Waals surface area contributed by atoms with Gasteiger partial charge >= 0.3 is 0 Å². The number of rotatable bonds is 3. The predicted molar refractivity (Wildman–Crippen MR) is 76.4 cm³/mol. The van der Waals surface area contributed by atoms with E-state index in [9.17, 15) is 4.79 Å². The summed E-state index contributed by atoms with van der Waals surface area (Å²) in [5.41, 5.74) is 6.86. The Balaban J connectivity index is 2.12. The largest absolute Gasteiger partial charge is 0.382 e. The van der Waals surface area contributed by atoms with Gasteiger partial charge in [-0.05, 0) is 17.7 Å². The number of nitrogens with zero attached hydrogens (tertiary/aromatic N) is 3. The van der Waals surface area contributed by atoms with Gasteiger partial charge < -0.3 is 10.6 Å². The number of carbonyl (C=O) groups excluding carboxylic acids is 1. The van der Waals surface area contributed by atoms with Gasteiger partial charge in [0.05, 0.1) is 0 Å². The number of benzene rings is 1. The van der Waals surface area contributed by atoms with Crippen LogP contribution in [0.2, 0.25) is 0 Å².